The molecule has 5 nitrogen and oxygen atoms in total. The summed E-state index contributed by atoms with van der Waals surface area (Å²) in [5.74, 6) is 0.745. The summed E-state index contributed by atoms with van der Waals surface area (Å²) in [5.41, 5.74) is 6.21. The van der Waals surface area contributed by atoms with Crippen molar-refractivity contribution in [2.24, 2.45) is 5.92 Å². The van der Waals surface area contributed by atoms with E-state index in [4.69, 9.17) is 17.3 Å². The van der Waals surface area contributed by atoms with Crippen LogP contribution in [0, 0.1) is 5.92 Å². The first-order chi connectivity index (χ1) is 8.40. The molecular formula is C12H19ClN4O. The second-order valence-corrected chi connectivity index (χ2v) is 4.96. The largest absolute Gasteiger partial charge is 0.396 e. The van der Waals surface area contributed by atoms with Crippen molar-refractivity contribution in [1.82, 2.24) is 10.3 Å². The predicted octanol–water partition coefficient (Wildman–Crippen LogP) is 1.89. The Hall–Kier alpha value is -1.49. The number of nitrogens with zero attached hydrogens (tertiary/aromatic N) is 1. The fourth-order valence-electron chi connectivity index (χ4n) is 1.29. The molecule has 0 aliphatic rings. The third-order valence-corrected chi connectivity index (χ3v) is 2.53. The van der Waals surface area contributed by atoms with Crippen molar-refractivity contribution < 1.29 is 4.79 Å². The minimum atomic E-state index is -0.419. The van der Waals surface area contributed by atoms with E-state index in [1.165, 1.54) is 0 Å². The summed E-state index contributed by atoms with van der Waals surface area (Å²) in [7, 11) is 0. The summed E-state index contributed by atoms with van der Waals surface area (Å²) in [5, 5.41) is 6.11. The number of carbonyl (C=O) groups is 1. The van der Waals surface area contributed by atoms with Crippen molar-refractivity contribution in [3.05, 3.63) is 17.3 Å². The van der Waals surface area contributed by atoms with Gasteiger partial charge in [0, 0.05) is 6.54 Å². The molecule has 0 aliphatic carbocycles. The Morgan fingerprint density at radius 2 is 2.11 bits per heavy atom. The van der Waals surface area contributed by atoms with Gasteiger partial charge in [0.05, 0.1) is 5.69 Å². The summed E-state index contributed by atoms with van der Waals surface area (Å²) in [4.78, 5) is 15.8. The van der Waals surface area contributed by atoms with Crippen LogP contribution >= 0.6 is 11.6 Å². The zero-order valence-electron chi connectivity index (χ0n) is 10.8. The highest BCUT2D eigenvalue weighted by Gasteiger charge is 2.14. The first kappa shape index (κ1) is 14.6. The maximum absolute atomic E-state index is 11.8. The first-order valence-corrected chi connectivity index (χ1v) is 6.24. The summed E-state index contributed by atoms with van der Waals surface area (Å²) >= 11 is 5.78. The van der Waals surface area contributed by atoms with Crippen molar-refractivity contribution in [2.75, 3.05) is 17.6 Å². The molecule has 0 fully saturated rings. The number of aromatic nitrogens is 1. The van der Waals surface area contributed by atoms with Gasteiger partial charge in [-0.05, 0) is 25.0 Å². The SMILES string of the molecule is CC(C)CNC(=O)C(C)Nc1nc(Cl)ccc1N. The van der Waals surface area contributed by atoms with Crippen LogP contribution in [0.5, 0.6) is 0 Å². The molecule has 100 valence electrons. The highest BCUT2D eigenvalue weighted by atomic mass is 35.5. The lowest BCUT2D eigenvalue weighted by atomic mass is 10.2. The molecule has 4 N–H and O–H groups in total. The average Bonchev–Trinajstić information content (AvgIpc) is 2.30. The van der Waals surface area contributed by atoms with Crippen LogP contribution in [0.25, 0.3) is 0 Å². The highest BCUT2D eigenvalue weighted by molar-refractivity contribution is 6.29. The fourth-order valence-corrected chi connectivity index (χ4v) is 1.44. The maximum Gasteiger partial charge on any atom is 0.242 e. The number of pyridine rings is 1. The molecule has 1 heterocycles. The topological polar surface area (TPSA) is 80.0 Å². The summed E-state index contributed by atoms with van der Waals surface area (Å²) < 4.78 is 0. The Balaban J connectivity index is 2.60. The number of amides is 1. The molecule has 1 aromatic heterocycles. The number of hydrogen-bond acceptors (Lipinski definition) is 4. The van der Waals surface area contributed by atoms with Gasteiger partial charge >= 0.3 is 0 Å². The number of rotatable bonds is 5. The maximum atomic E-state index is 11.8. The Morgan fingerprint density at radius 3 is 2.72 bits per heavy atom. The number of nitrogen functional groups attached to an aromatic ring is 1. The van der Waals surface area contributed by atoms with Crippen molar-refractivity contribution in [3.8, 4) is 0 Å². The van der Waals surface area contributed by atoms with Crippen LogP contribution in [0.15, 0.2) is 12.1 Å². The molecule has 0 radical (unpaired) electrons. The Morgan fingerprint density at radius 1 is 1.44 bits per heavy atom. The van der Waals surface area contributed by atoms with E-state index in [0.717, 1.165) is 0 Å². The molecule has 6 heteroatoms. The van der Waals surface area contributed by atoms with Crippen LogP contribution in [0.2, 0.25) is 5.15 Å². The molecule has 1 amide bonds. The molecule has 1 atom stereocenters. The molecule has 0 spiro atoms. The van der Waals surface area contributed by atoms with E-state index in [-0.39, 0.29) is 5.91 Å². The van der Waals surface area contributed by atoms with Crippen LogP contribution in [0.3, 0.4) is 0 Å². The second-order valence-electron chi connectivity index (χ2n) is 4.58. The van der Waals surface area contributed by atoms with Crippen LogP contribution in [-0.4, -0.2) is 23.5 Å². The molecule has 1 unspecified atom stereocenters. The molecule has 0 saturated carbocycles. The number of halogens is 1. The molecule has 0 bridgehead atoms. The third-order valence-electron chi connectivity index (χ3n) is 2.32. The Labute approximate surface area is 112 Å². The molecule has 0 saturated heterocycles. The third kappa shape index (κ3) is 4.41. The van der Waals surface area contributed by atoms with Gasteiger partial charge in [0.25, 0.3) is 0 Å². The molecular weight excluding hydrogens is 252 g/mol. The number of nitrogens with two attached hydrogens (primary N) is 1. The van der Waals surface area contributed by atoms with Gasteiger partial charge in [-0.3, -0.25) is 4.79 Å². The number of hydrogen-bond donors (Lipinski definition) is 3. The normalized spacial score (nSPS) is 12.3. The zero-order chi connectivity index (χ0) is 13.7. The molecule has 0 aliphatic heterocycles. The van der Waals surface area contributed by atoms with E-state index in [1.54, 1.807) is 19.1 Å². The van der Waals surface area contributed by atoms with Crippen LogP contribution in [0.1, 0.15) is 20.8 Å². The van der Waals surface area contributed by atoms with E-state index in [1.807, 2.05) is 13.8 Å². The van der Waals surface area contributed by atoms with Gasteiger partial charge < -0.3 is 16.4 Å². The lowest BCUT2D eigenvalue weighted by Crippen LogP contribution is -2.39. The van der Waals surface area contributed by atoms with Gasteiger partial charge in [0.1, 0.15) is 11.2 Å². The van der Waals surface area contributed by atoms with Gasteiger partial charge in [0.15, 0.2) is 5.82 Å². The van der Waals surface area contributed by atoms with Gasteiger partial charge in [-0.25, -0.2) is 4.98 Å². The van der Waals surface area contributed by atoms with Crippen molar-refractivity contribution in [3.63, 3.8) is 0 Å². The minimum Gasteiger partial charge on any atom is -0.396 e. The number of anilines is 2. The highest BCUT2D eigenvalue weighted by Crippen LogP contribution is 2.18. The van der Waals surface area contributed by atoms with Gasteiger partial charge in [-0.15, -0.1) is 0 Å². The Bertz CT molecular complexity index is 423. The van der Waals surface area contributed by atoms with E-state index >= 15 is 0 Å². The van der Waals surface area contributed by atoms with E-state index in [0.29, 0.717) is 29.1 Å². The quantitative estimate of drug-likeness (QED) is 0.714. The van der Waals surface area contributed by atoms with E-state index in [2.05, 4.69) is 15.6 Å². The smallest absolute Gasteiger partial charge is 0.242 e. The van der Waals surface area contributed by atoms with Crippen LogP contribution < -0.4 is 16.4 Å². The Kier molecular flexibility index (Phi) is 5.22. The van der Waals surface area contributed by atoms with Crippen molar-refractivity contribution in [1.29, 1.82) is 0 Å². The van der Waals surface area contributed by atoms with Crippen molar-refractivity contribution >= 4 is 29.0 Å². The number of nitrogens with one attached hydrogen (secondary N) is 2. The molecule has 1 rings (SSSR count). The first-order valence-electron chi connectivity index (χ1n) is 5.86. The zero-order valence-corrected chi connectivity index (χ0v) is 11.6. The second kappa shape index (κ2) is 6.44. The molecule has 18 heavy (non-hydrogen) atoms. The standard InChI is InChI=1S/C12H19ClN4O/c1-7(2)6-15-12(18)8(3)16-11-9(14)4-5-10(13)17-11/h4-5,7-8H,6,14H2,1-3H3,(H,15,18)(H,16,17). The van der Waals surface area contributed by atoms with Gasteiger partial charge in [-0.2, -0.15) is 0 Å². The predicted molar refractivity (Wildman–Crippen MR) is 74.6 cm³/mol. The van der Waals surface area contributed by atoms with Crippen LogP contribution in [0.4, 0.5) is 11.5 Å². The van der Waals surface area contributed by atoms with E-state index in [9.17, 15) is 4.79 Å². The van der Waals surface area contributed by atoms with E-state index < -0.39 is 6.04 Å². The van der Waals surface area contributed by atoms with Gasteiger partial charge in [-0.1, -0.05) is 25.4 Å². The minimum absolute atomic E-state index is 0.0927. The molecule has 0 aromatic carbocycles. The lowest BCUT2D eigenvalue weighted by molar-refractivity contribution is -0.121. The lowest BCUT2D eigenvalue weighted by Gasteiger charge is -2.16. The average molecular weight is 271 g/mol. The van der Waals surface area contributed by atoms with Gasteiger partial charge in [0.2, 0.25) is 5.91 Å². The summed E-state index contributed by atoms with van der Waals surface area (Å²) in [6, 6.07) is 2.83. The summed E-state index contributed by atoms with van der Waals surface area (Å²) in [6.45, 7) is 6.46. The summed E-state index contributed by atoms with van der Waals surface area (Å²) in [6.07, 6.45) is 0. The fraction of sp³-hybridized carbons (Fsp3) is 0.500. The van der Waals surface area contributed by atoms with Crippen LogP contribution in [-0.2, 0) is 4.79 Å². The molecule has 1 aromatic rings. The van der Waals surface area contributed by atoms with Crippen molar-refractivity contribution in [2.45, 2.75) is 26.8 Å². The number of carbonyl (C=O) groups excluding carboxylic acids is 1. The monoisotopic (exact) mass is 270 g/mol.